The van der Waals surface area contributed by atoms with E-state index in [4.69, 9.17) is 14.4 Å². The lowest BCUT2D eigenvalue weighted by Gasteiger charge is -2.22. The Hall–Kier alpha value is -8.14. The van der Waals surface area contributed by atoms with Gasteiger partial charge in [0, 0.05) is 38.4 Å². The third kappa shape index (κ3) is 6.36. The smallest absolute Gasteiger partial charge is 0.160 e. The van der Waals surface area contributed by atoms with Crippen LogP contribution < -0.4 is 0 Å². The highest BCUT2D eigenvalue weighted by Gasteiger charge is 2.37. The van der Waals surface area contributed by atoms with Crippen LogP contribution in [0.1, 0.15) is 25.0 Å². The Bertz CT molecular complexity index is 3550. The molecule has 302 valence electrons. The molecule has 1 aliphatic carbocycles. The van der Waals surface area contributed by atoms with E-state index in [-0.39, 0.29) is 5.41 Å². The quantitative estimate of drug-likeness (QED) is 0.161. The van der Waals surface area contributed by atoms with Gasteiger partial charge in [0.2, 0.25) is 0 Å². The third-order valence-electron chi connectivity index (χ3n) is 13.1. The van der Waals surface area contributed by atoms with Crippen molar-refractivity contribution in [2.75, 3.05) is 0 Å². The second-order valence-corrected chi connectivity index (χ2v) is 17.3. The second kappa shape index (κ2) is 15.0. The minimum absolute atomic E-state index is 0.208. The fourth-order valence-corrected chi connectivity index (χ4v) is 9.82. The van der Waals surface area contributed by atoms with Crippen LogP contribution in [0.25, 0.3) is 111 Å². The second-order valence-electron chi connectivity index (χ2n) is 17.3. The average Bonchev–Trinajstić information content (AvgIpc) is 3.86. The Kier molecular flexibility index (Phi) is 8.84. The lowest BCUT2D eigenvalue weighted by molar-refractivity contribution is 0.660. The Morgan fingerprint density at radius 1 is 0.344 bits per heavy atom. The van der Waals surface area contributed by atoms with Gasteiger partial charge in [-0.1, -0.05) is 196 Å². The number of furan rings is 1. The van der Waals surface area contributed by atoms with Gasteiger partial charge in [-0.25, -0.2) is 9.97 Å². The van der Waals surface area contributed by atoms with Gasteiger partial charge in [0.1, 0.15) is 11.2 Å². The number of nitrogens with zero attached hydrogens (tertiary/aromatic N) is 2. The van der Waals surface area contributed by atoms with Gasteiger partial charge < -0.3 is 4.42 Å². The van der Waals surface area contributed by atoms with Crippen molar-refractivity contribution < 1.29 is 4.42 Å². The first-order valence-electron chi connectivity index (χ1n) is 22.0. The lowest BCUT2D eigenvalue weighted by Crippen LogP contribution is -2.15. The summed E-state index contributed by atoms with van der Waals surface area (Å²) in [6.45, 7) is 4.69. The standard InChI is InChI=1S/C61H42N2O/c1-61(2)53-26-15-23-48(42-18-8-4-9-19-42)58(53)52-33-32-44(37-54(52)61)55-38-56(63-60(62-55)43-20-10-5-11-21-43)47-35-45(41-30-28-40(29-31-41)39-16-6-3-7-17-39)34-46(36-47)49-24-14-25-51-50-22-12-13-27-57(50)64-59(49)51/h3-38H,1-2H3. The van der Waals surface area contributed by atoms with Gasteiger partial charge >= 0.3 is 0 Å². The Labute approximate surface area is 373 Å². The Balaban J connectivity index is 1.05. The van der Waals surface area contributed by atoms with Gasteiger partial charge in [-0.15, -0.1) is 0 Å². The van der Waals surface area contributed by atoms with Gasteiger partial charge in [0.15, 0.2) is 5.82 Å². The van der Waals surface area contributed by atoms with Crippen LogP contribution in [0.2, 0.25) is 0 Å². The van der Waals surface area contributed by atoms with E-state index in [9.17, 15) is 0 Å². The lowest BCUT2D eigenvalue weighted by atomic mass is 9.81. The molecule has 0 unspecified atom stereocenters. The Morgan fingerprint density at radius 3 is 1.64 bits per heavy atom. The highest BCUT2D eigenvalue weighted by atomic mass is 16.3. The van der Waals surface area contributed by atoms with Gasteiger partial charge in [-0.3, -0.25) is 0 Å². The largest absolute Gasteiger partial charge is 0.455 e. The molecule has 0 spiro atoms. The molecule has 0 saturated carbocycles. The summed E-state index contributed by atoms with van der Waals surface area (Å²) in [4.78, 5) is 10.7. The zero-order valence-electron chi connectivity index (χ0n) is 35.6. The normalized spacial score (nSPS) is 12.7. The van der Waals surface area contributed by atoms with E-state index in [1.165, 1.54) is 44.5 Å². The number of benzene rings is 9. The van der Waals surface area contributed by atoms with Crippen LogP contribution in [0.3, 0.4) is 0 Å². The molecule has 0 fully saturated rings. The van der Waals surface area contributed by atoms with E-state index in [0.717, 1.165) is 72.3 Å². The van der Waals surface area contributed by atoms with E-state index in [1.54, 1.807) is 0 Å². The highest BCUT2D eigenvalue weighted by Crippen LogP contribution is 2.53. The molecular formula is C61H42N2O. The van der Waals surface area contributed by atoms with Crippen molar-refractivity contribution in [3.05, 3.63) is 230 Å². The number of hydrogen-bond acceptors (Lipinski definition) is 3. The van der Waals surface area contributed by atoms with Crippen molar-refractivity contribution >= 4 is 21.9 Å². The molecule has 2 heterocycles. The van der Waals surface area contributed by atoms with Gasteiger partial charge in [-0.2, -0.15) is 0 Å². The molecule has 0 aliphatic heterocycles. The van der Waals surface area contributed by atoms with Crippen LogP contribution >= 0.6 is 0 Å². The summed E-state index contributed by atoms with van der Waals surface area (Å²) in [6.07, 6.45) is 0. The zero-order valence-corrected chi connectivity index (χ0v) is 35.6. The zero-order chi connectivity index (χ0) is 42.8. The molecule has 12 rings (SSSR count). The van der Waals surface area contributed by atoms with Crippen LogP contribution in [0.15, 0.2) is 223 Å². The molecule has 0 atom stereocenters. The summed E-state index contributed by atoms with van der Waals surface area (Å²) in [5.41, 5.74) is 20.7. The minimum Gasteiger partial charge on any atom is -0.455 e. The number of para-hydroxylation sites is 2. The molecule has 9 aromatic carbocycles. The van der Waals surface area contributed by atoms with Crippen LogP contribution in [0.5, 0.6) is 0 Å². The SMILES string of the molecule is CC1(C)c2cc(-c3cc(-c4cc(-c5ccc(-c6ccccc6)cc5)cc(-c5cccc6c5oc5ccccc56)c4)nc(-c4ccccc4)n3)ccc2-c2c(-c3ccccc3)cccc21. The van der Waals surface area contributed by atoms with Crippen molar-refractivity contribution in [3.8, 4) is 89.5 Å². The maximum absolute atomic E-state index is 6.63. The predicted octanol–water partition coefficient (Wildman–Crippen LogP) is 16.4. The molecule has 3 nitrogen and oxygen atoms in total. The van der Waals surface area contributed by atoms with Crippen LogP contribution in [0.4, 0.5) is 0 Å². The van der Waals surface area contributed by atoms with Crippen LogP contribution in [0, 0.1) is 0 Å². The fraction of sp³-hybridized carbons (Fsp3) is 0.0492. The van der Waals surface area contributed by atoms with Gasteiger partial charge in [0.05, 0.1) is 11.4 Å². The molecule has 0 amide bonds. The summed E-state index contributed by atoms with van der Waals surface area (Å²) in [5, 5.41) is 2.21. The first-order valence-corrected chi connectivity index (χ1v) is 22.0. The minimum atomic E-state index is -0.208. The summed E-state index contributed by atoms with van der Waals surface area (Å²) < 4.78 is 6.63. The molecular weight excluding hydrogens is 777 g/mol. The molecule has 64 heavy (non-hydrogen) atoms. The predicted molar refractivity (Wildman–Crippen MR) is 265 cm³/mol. The summed E-state index contributed by atoms with van der Waals surface area (Å²) >= 11 is 0. The topological polar surface area (TPSA) is 38.9 Å². The number of hydrogen-bond donors (Lipinski definition) is 0. The molecule has 3 heteroatoms. The molecule has 1 aliphatic rings. The fourth-order valence-electron chi connectivity index (χ4n) is 9.82. The van der Waals surface area contributed by atoms with Gasteiger partial charge in [0.25, 0.3) is 0 Å². The summed E-state index contributed by atoms with van der Waals surface area (Å²) in [6, 6.07) is 77.9. The maximum Gasteiger partial charge on any atom is 0.160 e. The van der Waals surface area contributed by atoms with Crippen LogP contribution in [-0.4, -0.2) is 9.97 Å². The number of fused-ring (bicyclic) bond motifs is 6. The van der Waals surface area contributed by atoms with Crippen molar-refractivity contribution in [1.29, 1.82) is 0 Å². The first-order chi connectivity index (χ1) is 31.5. The Morgan fingerprint density at radius 2 is 0.891 bits per heavy atom. The average molecular weight is 819 g/mol. The molecule has 11 aromatic rings. The molecule has 0 saturated heterocycles. The monoisotopic (exact) mass is 818 g/mol. The van der Waals surface area contributed by atoms with Crippen molar-refractivity contribution in [2.24, 2.45) is 0 Å². The third-order valence-corrected chi connectivity index (χ3v) is 13.1. The van der Waals surface area contributed by atoms with Gasteiger partial charge in [-0.05, 0) is 97.6 Å². The maximum atomic E-state index is 6.63. The summed E-state index contributed by atoms with van der Waals surface area (Å²) in [7, 11) is 0. The molecule has 0 radical (unpaired) electrons. The van der Waals surface area contributed by atoms with E-state index in [0.29, 0.717) is 5.82 Å². The van der Waals surface area contributed by atoms with Crippen molar-refractivity contribution in [3.63, 3.8) is 0 Å². The number of rotatable bonds is 7. The van der Waals surface area contributed by atoms with E-state index < -0.39 is 0 Å². The first kappa shape index (κ1) is 37.6. The van der Waals surface area contributed by atoms with Crippen molar-refractivity contribution in [2.45, 2.75) is 19.3 Å². The number of aromatic nitrogens is 2. The van der Waals surface area contributed by atoms with E-state index in [2.05, 4.69) is 214 Å². The molecule has 0 bridgehead atoms. The summed E-state index contributed by atoms with van der Waals surface area (Å²) in [5.74, 6) is 0.682. The van der Waals surface area contributed by atoms with E-state index >= 15 is 0 Å². The molecule has 0 N–H and O–H groups in total. The van der Waals surface area contributed by atoms with E-state index in [1.807, 2.05) is 18.2 Å². The highest BCUT2D eigenvalue weighted by molar-refractivity contribution is 6.10. The van der Waals surface area contributed by atoms with Crippen LogP contribution in [-0.2, 0) is 5.41 Å². The molecule has 2 aromatic heterocycles. The van der Waals surface area contributed by atoms with Crippen molar-refractivity contribution in [1.82, 2.24) is 9.97 Å².